The molecule has 9 nitrogen and oxygen atoms in total. The molecule has 1 unspecified atom stereocenters. The van der Waals surface area contributed by atoms with Crippen LogP contribution in [0.5, 0.6) is 0 Å². The molecule has 5 N–H and O–H groups in total. The smallest absolute Gasteiger partial charge is 0.324 e. The molecule has 0 bridgehead atoms. The molecule has 1 aliphatic heterocycles. The quantitative estimate of drug-likeness (QED) is 0.160. The SMILES string of the molecule is NN=Cc1ccc(CC2NC(=O)N(CCNCC(=O)O)C2=O)cc1. The van der Waals surface area contributed by atoms with Crippen LogP contribution in [0.2, 0.25) is 0 Å². The maximum Gasteiger partial charge on any atom is 0.324 e. The van der Waals surface area contributed by atoms with E-state index in [4.69, 9.17) is 10.9 Å². The Labute approximate surface area is 138 Å². The number of hydrogen-bond acceptors (Lipinski definition) is 6. The third kappa shape index (κ3) is 4.53. The average Bonchev–Trinajstić information content (AvgIpc) is 2.80. The van der Waals surface area contributed by atoms with Crippen LogP contribution in [-0.2, 0) is 16.0 Å². The monoisotopic (exact) mass is 333 g/mol. The van der Waals surface area contributed by atoms with Gasteiger partial charge in [-0.3, -0.25) is 14.5 Å². The summed E-state index contributed by atoms with van der Waals surface area (Å²) in [5.41, 5.74) is 1.74. The van der Waals surface area contributed by atoms with Gasteiger partial charge in [0.25, 0.3) is 5.91 Å². The predicted octanol–water partition coefficient (Wildman–Crippen LogP) is -0.884. The number of benzene rings is 1. The Hall–Kier alpha value is -2.94. The molecule has 128 valence electrons. The van der Waals surface area contributed by atoms with E-state index in [9.17, 15) is 14.4 Å². The lowest BCUT2D eigenvalue weighted by atomic mass is 10.0. The molecule has 1 atom stereocenters. The van der Waals surface area contributed by atoms with Crippen molar-refractivity contribution in [2.24, 2.45) is 10.9 Å². The highest BCUT2D eigenvalue weighted by atomic mass is 16.4. The van der Waals surface area contributed by atoms with Crippen molar-refractivity contribution in [3.05, 3.63) is 35.4 Å². The minimum atomic E-state index is -0.992. The number of hydrazone groups is 1. The number of aliphatic carboxylic acids is 1. The first-order valence-electron chi connectivity index (χ1n) is 7.38. The number of rotatable bonds is 8. The summed E-state index contributed by atoms with van der Waals surface area (Å²) in [7, 11) is 0. The summed E-state index contributed by atoms with van der Waals surface area (Å²) < 4.78 is 0. The van der Waals surface area contributed by atoms with Crippen LogP contribution in [0.4, 0.5) is 4.79 Å². The van der Waals surface area contributed by atoms with Gasteiger partial charge >= 0.3 is 12.0 Å². The van der Waals surface area contributed by atoms with Gasteiger partial charge in [-0.05, 0) is 11.1 Å². The second-order valence-corrected chi connectivity index (χ2v) is 5.29. The van der Waals surface area contributed by atoms with Gasteiger partial charge in [0, 0.05) is 19.5 Å². The van der Waals surface area contributed by atoms with Crippen molar-refractivity contribution in [2.75, 3.05) is 19.6 Å². The van der Waals surface area contributed by atoms with E-state index in [2.05, 4.69) is 15.7 Å². The van der Waals surface area contributed by atoms with Crippen molar-refractivity contribution in [3.8, 4) is 0 Å². The highest BCUT2D eigenvalue weighted by molar-refractivity contribution is 6.04. The van der Waals surface area contributed by atoms with E-state index >= 15 is 0 Å². The van der Waals surface area contributed by atoms with Crippen LogP contribution in [0.15, 0.2) is 29.4 Å². The Bertz CT molecular complexity index is 644. The zero-order valence-electron chi connectivity index (χ0n) is 12.9. The fourth-order valence-electron chi connectivity index (χ4n) is 2.37. The molecule has 0 radical (unpaired) electrons. The van der Waals surface area contributed by atoms with Gasteiger partial charge in [0.15, 0.2) is 0 Å². The molecule has 2 rings (SSSR count). The second kappa shape index (κ2) is 8.06. The maximum atomic E-state index is 12.3. The summed E-state index contributed by atoms with van der Waals surface area (Å²) in [6.07, 6.45) is 1.89. The van der Waals surface area contributed by atoms with Crippen LogP contribution in [-0.4, -0.2) is 59.8 Å². The highest BCUT2D eigenvalue weighted by Crippen LogP contribution is 2.12. The predicted molar refractivity (Wildman–Crippen MR) is 86.5 cm³/mol. The molecule has 9 heteroatoms. The van der Waals surface area contributed by atoms with E-state index < -0.39 is 18.0 Å². The van der Waals surface area contributed by atoms with E-state index in [0.717, 1.165) is 16.0 Å². The average molecular weight is 333 g/mol. The lowest BCUT2D eigenvalue weighted by Crippen LogP contribution is -2.38. The molecule has 0 spiro atoms. The van der Waals surface area contributed by atoms with Gasteiger partial charge in [-0.25, -0.2) is 4.79 Å². The van der Waals surface area contributed by atoms with Crippen LogP contribution in [0.3, 0.4) is 0 Å². The summed E-state index contributed by atoms with van der Waals surface area (Å²) >= 11 is 0. The summed E-state index contributed by atoms with van der Waals surface area (Å²) in [5, 5.41) is 17.2. The number of nitrogens with zero attached hydrogens (tertiary/aromatic N) is 2. The van der Waals surface area contributed by atoms with Crippen molar-refractivity contribution in [2.45, 2.75) is 12.5 Å². The van der Waals surface area contributed by atoms with Crippen molar-refractivity contribution in [1.29, 1.82) is 0 Å². The molecule has 0 aromatic heterocycles. The number of nitrogens with one attached hydrogen (secondary N) is 2. The van der Waals surface area contributed by atoms with E-state index in [1.165, 1.54) is 6.21 Å². The lowest BCUT2D eigenvalue weighted by molar-refractivity contribution is -0.135. The van der Waals surface area contributed by atoms with Gasteiger partial charge in [-0.1, -0.05) is 24.3 Å². The van der Waals surface area contributed by atoms with Gasteiger partial charge in [0.2, 0.25) is 0 Å². The first-order chi connectivity index (χ1) is 11.5. The Morgan fingerprint density at radius 2 is 2.08 bits per heavy atom. The minimum absolute atomic E-state index is 0.125. The molecule has 0 saturated carbocycles. The molecule has 1 saturated heterocycles. The molecule has 1 aliphatic rings. The van der Waals surface area contributed by atoms with Gasteiger partial charge in [-0.15, -0.1) is 0 Å². The van der Waals surface area contributed by atoms with E-state index in [1.54, 1.807) is 0 Å². The zero-order chi connectivity index (χ0) is 17.5. The summed E-state index contributed by atoms with van der Waals surface area (Å²) in [6, 6.07) is 6.24. The van der Waals surface area contributed by atoms with Crippen LogP contribution in [0, 0.1) is 0 Å². The van der Waals surface area contributed by atoms with Crippen molar-refractivity contribution >= 4 is 24.1 Å². The van der Waals surface area contributed by atoms with Crippen LogP contribution < -0.4 is 16.5 Å². The van der Waals surface area contributed by atoms with Gasteiger partial charge in [-0.2, -0.15) is 5.10 Å². The zero-order valence-corrected chi connectivity index (χ0v) is 12.9. The van der Waals surface area contributed by atoms with E-state index in [-0.39, 0.29) is 25.5 Å². The highest BCUT2D eigenvalue weighted by Gasteiger charge is 2.37. The molecule has 3 amide bonds. The molecule has 1 fully saturated rings. The van der Waals surface area contributed by atoms with Crippen LogP contribution >= 0.6 is 0 Å². The fraction of sp³-hybridized carbons (Fsp3) is 0.333. The number of urea groups is 1. The van der Waals surface area contributed by atoms with Gasteiger partial charge in [0.1, 0.15) is 6.04 Å². The molecule has 0 aliphatic carbocycles. The third-order valence-corrected chi connectivity index (χ3v) is 3.54. The first kappa shape index (κ1) is 17.4. The first-order valence-corrected chi connectivity index (χ1v) is 7.38. The third-order valence-electron chi connectivity index (χ3n) is 3.54. The lowest BCUT2D eigenvalue weighted by Gasteiger charge is -2.13. The standard InChI is InChI=1S/C15H19N5O4/c16-18-8-11-3-1-10(2-4-11)7-12-14(23)20(15(24)19-12)6-5-17-9-13(21)22/h1-4,8,12,17H,5-7,9,16H2,(H,19,24)(H,21,22). The van der Waals surface area contributed by atoms with Crippen LogP contribution in [0.1, 0.15) is 11.1 Å². The van der Waals surface area contributed by atoms with Gasteiger partial charge in [0.05, 0.1) is 12.8 Å². The number of carboxylic acid groups (broad SMARTS) is 1. The van der Waals surface area contributed by atoms with E-state index in [0.29, 0.717) is 6.42 Å². The molecule has 24 heavy (non-hydrogen) atoms. The maximum absolute atomic E-state index is 12.3. The van der Waals surface area contributed by atoms with Crippen molar-refractivity contribution in [1.82, 2.24) is 15.5 Å². The Kier molecular flexibility index (Phi) is 5.85. The summed E-state index contributed by atoms with van der Waals surface area (Å²) in [5.74, 6) is 3.77. The van der Waals surface area contributed by atoms with E-state index in [1.807, 2.05) is 24.3 Å². The van der Waals surface area contributed by atoms with Crippen molar-refractivity contribution < 1.29 is 19.5 Å². The minimum Gasteiger partial charge on any atom is -0.480 e. The second-order valence-electron chi connectivity index (χ2n) is 5.29. The van der Waals surface area contributed by atoms with Crippen LogP contribution in [0.25, 0.3) is 0 Å². The Morgan fingerprint density at radius 1 is 1.38 bits per heavy atom. The fourth-order valence-corrected chi connectivity index (χ4v) is 2.37. The number of carbonyl (C=O) groups excluding carboxylic acids is 2. The normalized spacial score (nSPS) is 17.5. The number of nitrogens with two attached hydrogens (primary N) is 1. The number of carbonyl (C=O) groups is 3. The number of hydrogen-bond donors (Lipinski definition) is 4. The molecule has 1 aromatic rings. The molecule has 1 aromatic carbocycles. The van der Waals surface area contributed by atoms with Gasteiger partial charge < -0.3 is 21.6 Å². The molecular formula is C15H19N5O4. The molecular weight excluding hydrogens is 314 g/mol. The number of carboxylic acids is 1. The Balaban J connectivity index is 1.89. The summed E-state index contributed by atoms with van der Waals surface area (Å²) in [6.45, 7) is 0.136. The van der Waals surface area contributed by atoms with Crippen molar-refractivity contribution in [3.63, 3.8) is 0 Å². The summed E-state index contributed by atoms with van der Waals surface area (Å²) in [4.78, 5) is 35.6. The number of amides is 3. The number of imide groups is 1. The Morgan fingerprint density at radius 3 is 2.71 bits per heavy atom. The largest absolute Gasteiger partial charge is 0.480 e. The molecule has 1 heterocycles. The topological polar surface area (TPSA) is 137 Å².